The second-order valence-electron chi connectivity index (χ2n) is 5.87. The highest BCUT2D eigenvalue weighted by atomic mass is 14.2. The Morgan fingerprint density at radius 2 is 1.75 bits per heavy atom. The van der Waals surface area contributed by atoms with Gasteiger partial charge in [-0.25, -0.2) is 0 Å². The third-order valence-electron chi connectivity index (χ3n) is 4.50. The van der Waals surface area contributed by atoms with Crippen LogP contribution in [0.2, 0.25) is 0 Å². The molecule has 106 valence electrons. The monoisotopic (exact) mass is 266 g/mol. The molecule has 0 heteroatoms. The average Bonchev–Trinajstić information content (AvgIpc) is 2.53. The molecule has 0 nitrogen and oxygen atoms in total. The van der Waals surface area contributed by atoms with Crippen LogP contribution in [0.3, 0.4) is 0 Å². The van der Waals surface area contributed by atoms with Crippen molar-refractivity contribution in [1.29, 1.82) is 0 Å². The van der Waals surface area contributed by atoms with Crippen LogP contribution in [0, 0.1) is 23.7 Å². The van der Waals surface area contributed by atoms with Crippen molar-refractivity contribution in [2.45, 2.75) is 52.4 Å². The van der Waals surface area contributed by atoms with Gasteiger partial charge in [0, 0.05) is 5.56 Å². The molecule has 0 radical (unpaired) electrons. The largest absolute Gasteiger partial charge is 0.0730 e. The topological polar surface area (TPSA) is 0 Å². The van der Waals surface area contributed by atoms with Gasteiger partial charge in [0.1, 0.15) is 0 Å². The van der Waals surface area contributed by atoms with Gasteiger partial charge in [0.25, 0.3) is 0 Å². The second-order valence-corrected chi connectivity index (χ2v) is 5.87. The highest BCUT2D eigenvalue weighted by molar-refractivity contribution is 5.38. The van der Waals surface area contributed by atoms with E-state index in [1.807, 2.05) is 0 Å². The number of hydrogen-bond acceptors (Lipinski definition) is 0. The fraction of sp³-hybridized carbons (Fsp3) is 0.500. The standard InChI is InChI=1S/C20H26/c1-3-17-9-13-19(14-10-17)7-5-6-8-20-15-11-18(4-2)12-16-20/h5,7,11-12,15-17,19H,3-4,9-10,13-14H2,1-2H3/t17-,19-. The molecule has 0 unspecified atom stereocenters. The third-order valence-corrected chi connectivity index (χ3v) is 4.50. The first-order chi connectivity index (χ1) is 9.81. The lowest BCUT2D eigenvalue weighted by atomic mass is 9.81. The third kappa shape index (κ3) is 4.57. The first-order valence-electron chi connectivity index (χ1n) is 8.09. The molecule has 1 aliphatic rings. The number of allylic oxidation sites excluding steroid dienone is 2. The Bertz CT molecular complexity index is 473. The van der Waals surface area contributed by atoms with Gasteiger partial charge in [-0.2, -0.15) is 0 Å². The zero-order chi connectivity index (χ0) is 14.2. The number of rotatable bonds is 3. The number of benzene rings is 1. The lowest BCUT2D eigenvalue weighted by Gasteiger charge is -2.25. The van der Waals surface area contributed by atoms with E-state index in [0.717, 1.165) is 23.8 Å². The second kappa shape index (κ2) is 7.95. The summed E-state index contributed by atoms with van der Waals surface area (Å²) in [7, 11) is 0. The van der Waals surface area contributed by atoms with E-state index in [1.54, 1.807) is 0 Å². The predicted molar refractivity (Wildman–Crippen MR) is 87.6 cm³/mol. The molecule has 2 rings (SSSR count). The minimum Gasteiger partial charge on any atom is -0.0730 e. The maximum absolute atomic E-state index is 3.22. The molecule has 1 aromatic rings. The van der Waals surface area contributed by atoms with Crippen molar-refractivity contribution in [3.05, 3.63) is 47.5 Å². The Labute approximate surface area is 124 Å². The Morgan fingerprint density at radius 1 is 1.05 bits per heavy atom. The highest BCUT2D eigenvalue weighted by Crippen LogP contribution is 2.31. The van der Waals surface area contributed by atoms with E-state index in [4.69, 9.17) is 0 Å². The number of hydrogen-bond donors (Lipinski definition) is 0. The molecule has 1 aliphatic carbocycles. The molecule has 0 atom stereocenters. The Balaban J connectivity index is 1.82. The van der Waals surface area contributed by atoms with Gasteiger partial charge in [0.05, 0.1) is 0 Å². The van der Waals surface area contributed by atoms with Crippen LogP contribution in [0.15, 0.2) is 36.4 Å². The van der Waals surface area contributed by atoms with Gasteiger partial charge in [-0.05, 0) is 67.7 Å². The summed E-state index contributed by atoms with van der Waals surface area (Å²) in [5, 5.41) is 0. The fourth-order valence-corrected chi connectivity index (χ4v) is 2.92. The summed E-state index contributed by atoms with van der Waals surface area (Å²) >= 11 is 0. The van der Waals surface area contributed by atoms with E-state index < -0.39 is 0 Å². The summed E-state index contributed by atoms with van der Waals surface area (Å²) in [4.78, 5) is 0. The average molecular weight is 266 g/mol. The van der Waals surface area contributed by atoms with Gasteiger partial charge in [-0.1, -0.05) is 50.3 Å². The lowest BCUT2D eigenvalue weighted by Crippen LogP contribution is -2.11. The molecule has 0 saturated heterocycles. The first-order valence-corrected chi connectivity index (χ1v) is 8.09. The molecule has 0 spiro atoms. The maximum atomic E-state index is 3.22. The highest BCUT2D eigenvalue weighted by Gasteiger charge is 2.17. The summed E-state index contributed by atoms with van der Waals surface area (Å²) in [5.41, 5.74) is 2.49. The molecule has 0 amide bonds. The normalized spacial score (nSPS) is 22.5. The van der Waals surface area contributed by atoms with Crippen LogP contribution in [-0.2, 0) is 6.42 Å². The first kappa shape index (κ1) is 14.9. The Morgan fingerprint density at radius 3 is 2.35 bits per heavy atom. The van der Waals surface area contributed by atoms with E-state index >= 15 is 0 Å². The molecule has 1 aromatic carbocycles. The van der Waals surface area contributed by atoms with Crippen LogP contribution in [0.4, 0.5) is 0 Å². The van der Waals surface area contributed by atoms with E-state index in [1.165, 1.54) is 37.7 Å². The molecule has 20 heavy (non-hydrogen) atoms. The van der Waals surface area contributed by atoms with Gasteiger partial charge in [-0.15, -0.1) is 0 Å². The predicted octanol–water partition coefficient (Wildman–Crippen LogP) is 5.37. The van der Waals surface area contributed by atoms with E-state index in [2.05, 4.69) is 62.1 Å². The van der Waals surface area contributed by atoms with E-state index in [-0.39, 0.29) is 0 Å². The molecule has 0 aromatic heterocycles. The minimum atomic E-state index is 0.759. The van der Waals surface area contributed by atoms with Gasteiger partial charge >= 0.3 is 0 Å². The zero-order valence-electron chi connectivity index (χ0n) is 12.9. The molecule has 0 N–H and O–H groups in total. The van der Waals surface area contributed by atoms with Crippen LogP contribution >= 0.6 is 0 Å². The molecule has 1 saturated carbocycles. The van der Waals surface area contributed by atoms with Gasteiger partial charge in [0.15, 0.2) is 0 Å². The van der Waals surface area contributed by atoms with Gasteiger partial charge in [-0.3, -0.25) is 0 Å². The summed E-state index contributed by atoms with van der Waals surface area (Å²) in [6.07, 6.45) is 12.3. The maximum Gasteiger partial charge on any atom is 0.0249 e. The molecule has 1 fully saturated rings. The van der Waals surface area contributed by atoms with Crippen LogP contribution in [0.1, 0.15) is 57.1 Å². The van der Waals surface area contributed by atoms with Crippen molar-refractivity contribution in [2.75, 3.05) is 0 Å². The summed E-state index contributed by atoms with van der Waals surface area (Å²) in [5.74, 6) is 8.13. The van der Waals surface area contributed by atoms with Gasteiger partial charge < -0.3 is 0 Å². The Hall–Kier alpha value is -1.48. The summed E-state index contributed by atoms with van der Waals surface area (Å²) in [6, 6.07) is 8.57. The zero-order valence-corrected chi connectivity index (χ0v) is 12.9. The Kier molecular flexibility index (Phi) is 5.93. The van der Waals surface area contributed by atoms with Crippen molar-refractivity contribution >= 4 is 0 Å². The quantitative estimate of drug-likeness (QED) is 0.645. The van der Waals surface area contributed by atoms with Crippen LogP contribution in [-0.4, -0.2) is 0 Å². The van der Waals surface area contributed by atoms with Crippen molar-refractivity contribution in [1.82, 2.24) is 0 Å². The molecule has 0 aliphatic heterocycles. The number of aryl methyl sites for hydroxylation is 1. The summed E-state index contributed by atoms with van der Waals surface area (Å²) in [6.45, 7) is 4.49. The lowest BCUT2D eigenvalue weighted by molar-refractivity contribution is 0.304. The molecule has 0 bridgehead atoms. The summed E-state index contributed by atoms with van der Waals surface area (Å²) < 4.78 is 0. The smallest absolute Gasteiger partial charge is 0.0249 e. The van der Waals surface area contributed by atoms with E-state index in [0.29, 0.717) is 0 Å². The van der Waals surface area contributed by atoms with Crippen molar-refractivity contribution < 1.29 is 0 Å². The molecular formula is C20H26. The van der Waals surface area contributed by atoms with Crippen LogP contribution in [0.25, 0.3) is 0 Å². The van der Waals surface area contributed by atoms with Gasteiger partial charge in [0.2, 0.25) is 0 Å². The SMILES string of the molecule is CCc1ccc(C#CC=C[C@H]2CC[C@H](CC)CC2)cc1. The van der Waals surface area contributed by atoms with Crippen molar-refractivity contribution in [2.24, 2.45) is 11.8 Å². The van der Waals surface area contributed by atoms with Crippen molar-refractivity contribution in [3.8, 4) is 11.8 Å². The minimum absolute atomic E-state index is 0.759. The molecular weight excluding hydrogens is 240 g/mol. The van der Waals surface area contributed by atoms with Crippen molar-refractivity contribution in [3.63, 3.8) is 0 Å². The van der Waals surface area contributed by atoms with Crippen LogP contribution < -0.4 is 0 Å². The van der Waals surface area contributed by atoms with E-state index in [9.17, 15) is 0 Å². The fourth-order valence-electron chi connectivity index (χ4n) is 2.92. The molecule has 0 heterocycles. The van der Waals surface area contributed by atoms with Crippen LogP contribution in [0.5, 0.6) is 0 Å².